The number of hydrogen-bond donors (Lipinski definition) is 0. The van der Waals surface area contributed by atoms with Crippen molar-refractivity contribution in [2.24, 2.45) is 5.92 Å². The highest BCUT2D eigenvalue weighted by atomic mass is 32.2. The van der Waals surface area contributed by atoms with Crippen LogP contribution in [0.3, 0.4) is 0 Å². The van der Waals surface area contributed by atoms with E-state index in [-0.39, 0.29) is 11.5 Å². The normalized spacial score (nSPS) is 22.5. The molecule has 0 bridgehead atoms. The Morgan fingerprint density at radius 1 is 1.29 bits per heavy atom. The van der Waals surface area contributed by atoms with Crippen LogP contribution >= 0.6 is 23.1 Å². The van der Waals surface area contributed by atoms with Crippen LogP contribution in [-0.2, 0) is 24.2 Å². The second kappa shape index (κ2) is 8.19. The summed E-state index contributed by atoms with van der Waals surface area (Å²) in [6.07, 6.45) is 6.55. The van der Waals surface area contributed by atoms with Crippen LogP contribution in [0, 0.1) is 5.92 Å². The van der Waals surface area contributed by atoms with Crippen LogP contribution < -0.4 is 5.56 Å². The number of aryl methyl sites for hydroxylation is 1. The number of nitrogens with zero attached hydrogens (tertiary/aromatic N) is 3. The van der Waals surface area contributed by atoms with E-state index in [0.717, 1.165) is 48.9 Å². The third-order valence-corrected chi connectivity index (χ3v) is 8.25. The fourth-order valence-corrected chi connectivity index (χ4v) is 6.84. The van der Waals surface area contributed by atoms with Gasteiger partial charge in [-0.05, 0) is 63.9 Å². The zero-order chi connectivity index (χ0) is 19.8. The summed E-state index contributed by atoms with van der Waals surface area (Å²) in [6.45, 7) is 7.82. The lowest BCUT2D eigenvalue weighted by Gasteiger charge is -2.33. The molecule has 2 unspecified atom stereocenters. The van der Waals surface area contributed by atoms with Crippen LogP contribution in [0.25, 0.3) is 10.2 Å². The number of carbonyl (C=O) groups excluding carboxylic acids is 1. The Hall–Kier alpha value is -1.34. The standard InChI is InChI=1S/C21H29N3O2S2/c1-4-23-20(26)18-15-9-8-13(2)11-16(15)28-19(18)22-21(23)27-12-17(25)24-10-6-5-7-14(24)3/h13-14H,4-12H2,1-3H3. The zero-order valence-electron chi connectivity index (χ0n) is 17.0. The van der Waals surface area contributed by atoms with Gasteiger partial charge in [-0.15, -0.1) is 11.3 Å². The van der Waals surface area contributed by atoms with Gasteiger partial charge in [0.2, 0.25) is 5.91 Å². The van der Waals surface area contributed by atoms with E-state index in [1.165, 1.54) is 28.6 Å². The predicted molar refractivity (Wildman–Crippen MR) is 116 cm³/mol. The summed E-state index contributed by atoms with van der Waals surface area (Å²) >= 11 is 3.10. The van der Waals surface area contributed by atoms with E-state index in [1.807, 2.05) is 11.8 Å². The smallest absolute Gasteiger partial charge is 0.263 e. The van der Waals surface area contributed by atoms with Gasteiger partial charge in [0.15, 0.2) is 5.16 Å². The summed E-state index contributed by atoms with van der Waals surface area (Å²) in [5.41, 5.74) is 1.30. The number of fused-ring (bicyclic) bond motifs is 3. The quantitative estimate of drug-likeness (QED) is 0.553. The fraction of sp³-hybridized carbons (Fsp3) is 0.667. The molecule has 3 heterocycles. The number of piperidine rings is 1. The Balaban J connectivity index is 1.62. The number of thioether (sulfide) groups is 1. The summed E-state index contributed by atoms with van der Waals surface area (Å²) in [7, 11) is 0. The number of rotatable bonds is 4. The third kappa shape index (κ3) is 3.63. The Morgan fingerprint density at radius 3 is 2.86 bits per heavy atom. The van der Waals surface area contributed by atoms with Crippen molar-refractivity contribution in [2.45, 2.75) is 77.0 Å². The molecule has 4 rings (SSSR count). The molecule has 152 valence electrons. The molecule has 2 aromatic heterocycles. The Bertz CT molecular complexity index is 949. The van der Waals surface area contributed by atoms with Crippen molar-refractivity contribution in [2.75, 3.05) is 12.3 Å². The first-order valence-corrected chi connectivity index (χ1v) is 12.3. The molecule has 0 N–H and O–H groups in total. The van der Waals surface area contributed by atoms with Crippen molar-refractivity contribution in [3.63, 3.8) is 0 Å². The maximum Gasteiger partial charge on any atom is 0.263 e. The molecule has 2 aromatic rings. The summed E-state index contributed by atoms with van der Waals surface area (Å²) in [5, 5.41) is 1.51. The number of hydrogen-bond acceptors (Lipinski definition) is 5. The second-order valence-corrected chi connectivity index (χ2v) is 10.2. The molecule has 5 nitrogen and oxygen atoms in total. The van der Waals surface area contributed by atoms with Crippen LogP contribution in [-0.4, -0.2) is 38.7 Å². The molecule has 1 saturated heterocycles. The van der Waals surface area contributed by atoms with Gasteiger partial charge in [0.05, 0.1) is 11.1 Å². The summed E-state index contributed by atoms with van der Waals surface area (Å²) in [5.74, 6) is 1.19. The van der Waals surface area contributed by atoms with Crippen molar-refractivity contribution in [3.05, 3.63) is 20.8 Å². The van der Waals surface area contributed by atoms with Crippen molar-refractivity contribution >= 4 is 39.2 Å². The molecule has 0 aromatic carbocycles. The lowest BCUT2D eigenvalue weighted by atomic mass is 9.89. The molecule has 0 radical (unpaired) electrons. The first-order chi connectivity index (χ1) is 13.5. The average Bonchev–Trinajstić information content (AvgIpc) is 3.04. The molecule has 0 saturated carbocycles. The average molecular weight is 420 g/mol. The minimum Gasteiger partial charge on any atom is -0.339 e. The highest BCUT2D eigenvalue weighted by Crippen LogP contribution is 2.36. The van der Waals surface area contributed by atoms with Gasteiger partial charge in [-0.25, -0.2) is 4.98 Å². The van der Waals surface area contributed by atoms with Crippen LogP contribution in [0.1, 0.15) is 56.9 Å². The van der Waals surface area contributed by atoms with E-state index < -0.39 is 0 Å². The Morgan fingerprint density at radius 2 is 2.11 bits per heavy atom. The van der Waals surface area contributed by atoms with Crippen LogP contribution in [0.2, 0.25) is 0 Å². The van der Waals surface area contributed by atoms with Gasteiger partial charge in [0, 0.05) is 24.0 Å². The van der Waals surface area contributed by atoms with Crippen LogP contribution in [0.4, 0.5) is 0 Å². The van der Waals surface area contributed by atoms with E-state index in [4.69, 9.17) is 4.98 Å². The predicted octanol–water partition coefficient (Wildman–Crippen LogP) is 4.10. The molecular weight excluding hydrogens is 390 g/mol. The fourth-order valence-electron chi connectivity index (χ4n) is 4.47. The molecule has 2 aliphatic rings. The minimum atomic E-state index is 0.0702. The molecular formula is C21H29N3O2S2. The molecule has 1 aliphatic carbocycles. The molecule has 1 fully saturated rings. The number of thiophene rings is 1. The van der Waals surface area contributed by atoms with Gasteiger partial charge in [0.25, 0.3) is 5.56 Å². The molecule has 1 aliphatic heterocycles. The number of carbonyl (C=O) groups is 1. The molecule has 2 atom stereocenters. The molecule has 0 spiro atoms. The summed E-state index contributed by atoms with van der Waals surface area (Å²) < 4.78 is 1.75. The van der Waals surface area contributed by atoms with Gasteiger partial charge >= 0.3 is 0 Å². The van der Waals surface area contributed by atoms with Crippen molar-refractivity contribution in [1.82, 2.24) is 14.5 Å². The third-order valence-electron chi connectivity index (χ3n) is 6.14. The SMILES string of the molecule is CCn1c(SCC(=O)N2CCCCC2C)nc2sc3c(c2c1=O)CCC(C)C3. The van der Waals surface area contributed by atoms with Gasteiger partial charge < -0.3 is 4.90 Å². The first kappa shape index (κ1) is 20.0. The highest BCUT2D eigenvalue weighted by Gasteiger charge is 2.26. The number of aromatic nitrogens is 2. The second-order valence-electron chi connectivity index (χ2n) is 8.20. The van der Waals surface area contributed by atoms with E-state index in [1.54, 1.807) is 15.9 Å². The Kier molecular flexibility index (Phi) is 5.83. The van der Waals surface area contributed by atoms with E-state index in [2.05, 4.69) is 13.8 Å². The maximum absolute atomic E-state index is 13.2. The lowest BCUT2D eigenvalue weighted by Crippen LogP contribution is -2.43. The maximum atomic E-state index is 13.2. The lowest BCUT2D eigenvalue weighted by molar-refractivity contribution is -0.131. The van der Waals surface area contributed by atoms with E-state index in [9.17, 15) is 9.59 Å². The topological polar surface area (TPSA) is 55.2 Å². The minimum absolute atomic E-state index is 0.0702. The van der Waals surface area contributed by atoms with Crippen molar-refractivity contribution < 1.29 is 4.79 Å². The molecule has 1 amide bonds. The summed E-state index contributed by atoms with van der Waals surface area (Å²) in [4.78, 5) is 35.0. The first-order valence-electron chi connectivity index (χ1n) is 10.5. The monoisotopic (exact) mass is 419 g/mol. The number of likely N-dealkylation sites (tertiary alicyclic amines) is 1. The van der Waals surface area contributed by atoms with Crippen molar-refractivity contribution in [1.29, 1.82) is 0 Å². The highest BCUT2D eigenvalue weighted by molar-refractivity contribution is 7.99. The van der Waals surface area contributed by atoms with Crippen molar-refractivity contribution in [3.8, 4) is 0 Å². The van der Waals surface area contributed by atoms with Gasteiger partial charge in [-0.3, -0.25) is 14.2 Å². The zero-order valence-corrected chi connectivity index (χ0v) is 18.6. The molecule has 28 heavy (non-hydrogen) atoms. The Labute approximate surface area is 174 Å². The van der Waals surface area contributed by atoms with Gasteiger partial charge in [0.1, 0.15) is 4.83 Å². The molecule has 7 heteroatoms. The van der Waals surface area contributed by atoms with E-state index in [0.29, 0.717) is 29.4 Å². The largest absolute Gasteiger partial charge is 0.339 e. The van der Waals surface area contributed by atoms with Crippen LogP contribution in [0.5, 0.6) is 0 Å². The number of amides is 1. The summed E-state index contributed by atoms with van der Waals surface area (Å²) in [6, 6.07) is 0.316. The van der Waals surface area contributed by atoms with Crippen LogP contribution in [0.15, 0.2) is 9.95 Å². The van der Waals surface area contributed by atoms with E-state index >= 15 is 0 Å². The van der Waals surface area contributed by atoms with Gasteiger partial charge in [-0.2, -0.15) is 0 Å². The van der Waals surface area contributed by atoms with Gasteiger partial charge in [-0.1, -0.05) is 18.7 Å².